The Morgan fingerprint density at radius 2 is 1.93 bits per heavy atom. The van der Waals surface area contributed by atoms with E-state index in [0.29, 0.717) is 0 Å². The zero-order chi connectivity index (χ0) is 22.3. The maximum absolute atomic E-state index is 14.1. The van der Waals surface area contributed by atoms with Gasteiger partial charge in [-0.2, -0.15) is 8.62 Å². The Morgan fingerprint density at radius 3 is 2.60 bits per heavy atom. The summed E-state index contributed by atoms with van der Waals surface area (Å²) < 4.78 is 66.4. The molecular formula is C10H14FN4O11P3S. The number of ether oxygens (including phenoxy) is 1. The van der Waals surface area contributed by atoms with E-state index in [1.165, 1.54) is 4.57 Å². The molecule has 20 heteroatoms. The molecule has 0 bridgehead atoms. The number of halogens is 1. The maximum atomic E-state index is 14.1. The predicted octanol–water partition coefficient (Wildman–Crippen LogP) is 1.08. The summed E-state index contributed by atoms with van der Waals surface area (Å²) in [6.07, 6.45) is 1.49. The minimum Gasteiger partial charge on any atom is -0.383 e. The first kappa shape index (κ1) is 23.7. The highest BCUT2D eigenvalue weighted by molar-refractivity contribution is 8.00. The van der Waals surface area contributed by atoms with Crippen LogP contribution in [-0.2, 0) is 31.6 Å². The summed E-state index contributed by atoms with van der Waals surface area (Å²) in [6.45, 7) is -0.635. The second kappa shape index (κ2) is 8.54. The van der Waals surface area contributed by atoms with Gasteiger partial charge >= 0.3 is 23.5 Å². The Bertz CT molecular complexity index is 1090. The number of hydrogen-bond donors (Lipinski definition) is 5. The van der Waals surface area contributed by atoms with Crippen molar-refractivity contribution in [1.82, 2.24) is 14.5 Å². The number of aromatic nitrogens is 3. The van der Waals surface area contributed by atoms with E-state index in [2.05, 4.69) is 23.1 Å². The van der Waals surface area contributed by atoms with Gasteiger partial charge in [-0.3, -0.25) is 4.52 Å². The number of thioether (sulfide) groups is 1. The molecule has 0 aromatic carbocycles. The Hall–Kier alpha value is -0.930. The van der Waals surface area contributed by atoms with E-state index in [1.807, 2.05) is 0 Å². The van der Waals surface area contributed by atoms with Crippen molar-refractivity contribution in [3.63, 3.8) is 0 Å². The van der Waals surface area contributed by atoms with Crippen LogP contribution >= 0.6 is 35.2 Å². The molecule has 3 rings (SSSR count). The van der Waals surface area contributed by atoms with Gasteiger partial charge in [0.15, 0.2) is 11.5 Å². The lowest BCUT2D eigenvalue weighted by molar-refractivity contribution is -0.00215. The number of rotatable bonds is 8. The molecule has 1 aliphatic heterocycles. The molecule has 6 N–H and O–H groups in total. The lowest BCUT2D eigenvalue weighted by Crippen LogP contribution is -2.15. The van der Waals surface area contributed by atoms with E-state index in [4.69, 9.17) is 25.2 Å². The lowest BCUT2D eigenvalue weighted by Gasteiger charge is -2.18. The summed E-state index contributed by atoms with van der Waals surface area (Å²) in [5, 5.41) is 0.00261. The Labute approximate surface area is 170 Å². The van der Waals surface area contributed by atoms with Gasteiger partial charge in [-0.15, -0.1) is 11.8 Å². The SMILES string of the molecule is Nc1ncnc2c1c(F)cn2[C@H]1CS[C@@H](COP(=O)(O)OP(=O)(O)OP(=O)(O)O)O1. The molecule has 2 aromatic heterocycles. The van der Waals surface area contributed by atoms with Crippen LogP contribution in [0.1, 0.15) is 6.23 Å². The minimum atomic E-state index is -5.61. The smallest absolute Gasteiger partial charge is 0.383 e. The van der Waals surface area contributed by atoms with E-state index >= 15 is 0 Å². The van der Waals surface area contributed by atoms with Crippen molar-refractivity contribution in [1.29, 1.82) is 0 Å². The van der Waals surface area contributed by atoms with Gasteiger partial charge in [0, 0.05) is 11.9 Å². The third-order valence-electron chi connectivity index (χ3n) is 3.43. The molecule has 0 aliphatic carbocycles. The number of nitrogens with zero attached hydrogens (tertiary/aromatic N) is 3. The van der Waals surface area contributed by atoms with Crippen LogP contribution in [0.4, 0.5) is 10.2 Å². The number of anilines is 1. The Balaban J connectivity index is 1.62. The van der Waals surface area contributed by atoms with Gasteiger partial charge in [-0.25, -0.2) is 28.1 Å². The molecule has 4 atom stereocenters. The fourth-order valence-electron chi connectivity index (χ4n) is 2.42. The number of nitrogen functional groups attached to an aromatic ring is 1. The third kappa shape index (κ3) is 5.85. The molecular weight excluding hydrogens is 496 g/mol. The fourth-order valence-corrected chi connectivity index (χ4v) is 6.53. The zero-order valence-electron chi connectivity index (χ0n) is 14.4. The molecule has 15 nitrogen and oxygen atoms in total. The van der Waals surface area contributed by atoms with Gasteiger partial charge in [0.25, 0.3) is 0 Å². The molecule has 3 heterocycles. The summed E-state index contributed by atoms with van der Waals surface area (Å²) in [7, 11) is -16.4. The normalized spacial score (nSPS) is 24.0. The van der Waals surface area contributed by atoms with Crippen molar-refractivity contribution in [2.75, 3.05) is 18.1 Å². The highest BCUT2D eigenvalue weighted by Crippen LogP contribution is 2.66. The average Bonchev–Trinajstić information content (AvgIpc) is 3.15. The lowest BCUT2D eigenvalue weighted by atomic mass is 10.4. The number of phosphoric ester groups is 1. The topological polar surface area (TPSA) is 226 Å². The highest BCUT2D eigenvalue weighted by Gasteiger charge is 2.41. The van der Waals surface area contributed by atoms with Crippen molar-refractivity contribution in [3.8, 4) is 0 Å². The van der Waals surface area contributed by atoms with Crippen LogP contribution in [0.5, 0.6) is 0 Å². The van der Waals surface area contributed by atoms with Crippen LogP contribution in [0, 0.1) is 5.82 Å². The summed E-state index contributed by atoms with van der Waals surface area (Å²) in [6, 6.07) is 0. The van der Waals surface area contributed by atoms with E-state index in [-0.39, 0.29) is 22.6 Å². The van der Waals surface area contributed by atoms with Crippen LogP contribution in [0.15, 0.2) is 12.5 Å². The van der Waals surface area contributed by atoms with Gasteiger partial charge in [0.05, 0.1) is 12.0 Å². The van der Waals surface area contributed by atoms with Crippen LogP contribution in [0.3, 0.4) is 0 Å². The predicted molar refractivity (Wildman–Crippen MR) is 98.1 cm³/mol. The molecule has 168 valence electrons. The number of nitrogens with two attached hydrogens (primary N) is 1. The van der Waals surface area contributed by atoms with Gasteiger partial charge in [0.2, 0.25) is 0 Å². The molecule has 30 heavy (non-hydrogen) atoms. The largest absolute Gasteiger partial charge is 0.490 e. The molecule has 1 fully saturated rings. The van der Waals surface area contributed by atoms with E-state index in [0.717, 1.165) is 24.3 Å². The maximum Gasteiger partial charge on any atom is 0.490 e. The van der Waals surface area contributed by atoms with Crippen LogP contribution < -0.4 is 5.73 Å². The van der Waals surface area contributed by atoms with Crippen molar-refractivity contribution in [2.45, 2.75) is 11.7 Å². The quantitative estimate of drug-likeness (QED) is 0.313. The van der Waals surface area contributed by atoms with Gasteiger partial charge in [-0.05, 0) is 0 Å². The average molecular weight is 510 g/mol. The first-order valence-corrected chi connectivity index (χ1v) is 13.2. The second-order valence-electron chi connectivity index (χ2n) is 5.58. The summed E-state index contributed by atoms with van der Waals surface area (Å²) in [5.41, 5.74) is 4.91. The van der Waals surface area contributed by atoms with E-state index in [1.54, 1.807) is 0 Å². The molecule has 0 spiro atoms. The highest BCUT2D eigenvalue weighted by atomic mass is 32.2. The van der Waals surface area contributed by atoms with Gasteiger partial charge in [-0.1, -0.05) is 0 Å². The zero-order valence-corrected chi connectivity index (χ0v) is 17.9. The number of phosphoric acid groups is 3. The first-order chi connectivity index (χ1) is 13.8. The standard InChI is InChI=1S/C10H14FN4O11P3S/c11-5-1-15(10-8(5)9(12)13-4-14-10)6-3-30-7(24-6)2-23-28(19,20)26-29(21,22)25-27(16,17)18/h1,4,6-7H,2-3H2,(H,19,20)(H,21,22)(H2,12,13,14)(H2,16,17,18)/t6-,7+/m1/s1. The van der Waals surface area contributed by atoms with Crippen LogP contribution in [-0.4, -0.2) is 51.9 Å². The minimum absolute atomic E-state index is 0.00261. The molecule has 0 radical (unpaired) electrons. The van der Waals surface area contributed by atoms with Crippen LogP contribution in [0.2, 0.25) is 0 Å². The molecule has 1 aliphatic rings. The van der Waals surface area contributed by atoms with Gasteiger partial charge in [0.1, 0.15) is 23.8 Å². The van der Waals surface area contributed by atoms with E-state index in [9.17, 15) is 23.0 Å². The van der Waals surface area contributed by atoms with Crippen LogP contribution in [0.25, 0.3) is 11.0 Å². The first-order valence-electron chi connectivity index (χ1n) is 7.58. The molecule has 1 saturated heterocycles. The van der Waals surface area contributed by atoms with E-state index < -0.39 is 47.6 Å². The van der Waals surface area contributed by atoms with Crippen molar-refractivity contribution >= 4 is 52.1 Å². The molecule has 2 aromatic rings. The third-order valence-corrected chi connectivity index (χ3v) is 8.33. The van der Waals surface area contributed by atoms with Gasteiger partial charge < -0.3 is 34.6 Å². The van der Waals surface area contributed by atoms with Crippen molar-refractivity contribution < 1.29 is 55.5 Å². The second-order valence-corrected chi connectivity index (χ2v) is 11.2. The summed E-state index contributed by atoms with van der Waals surface area (Å²) in [4.78, 5) is 43.2. The molecule has 0 amide bonds. The summed E-state index contributed by atoms with van der Waals surface area (Å²) >= 11 is 1.10. The Kier molecular flexibility index (Phi) is 6.76. The number of fused-ring (bicyclic) bond motifs is 1. The van der Waals surface area contributed by atoms with Crippen molar-refractivity contribution in [3.05, 3.63) is 18.3 Å². The monoisotopic (exact) mass is 510 g/mol. The fraction of sp³-hybridized carbons (Fsp3) is 0.400. The Morgan fingerprint density at radius 1 is 1.23 bits per heavy atom. The molecule has 2 unspecified atom stereocenters. The number of hydrogen-bond acceptors (Lipinski definition) is 11. The summed E-state index contributed by atoms with van der Waals surface area (Å²) in [5.74, 6) is -0.489. The van der Waals surface area contributed by atoms with Crippen molar-refractivity contribution in [2.24, 2.45) is 0 Å². The molecule has 0 saturated carbocycles.